The van der Waals surface area contributed by atoms with Crippen LogP contribution in [0.25, 0.3) is 0 Å². The van der Waals surface area contributed by atoms with Crippen molar-refractivity contribution in [3.8, 4) is 17.2 Å². The molecule has 2 aliphatic heterocycles. The normalized spacial score (nSPS) is 31.4. The van der Waals surface area contributed by atoms with Gasteiger partial charge >= 0.3 is 0 Å². The fourth-order valence-corrected chi connectivity index (χ4v) is 8.22. The number of halogens is 2. The van der Waals surface area contributed by atoms with Crippen LogP contribution >= 0.6 is 23.2 Å². The van der Waals surface area contributed by atoms with Gasteiger partial charge in [-0.1, -0.05) is 17.7 Å². The summed E-state index contributed by atoms with van der Waals surface area (Å²) in [5, 5.41) is 22.0. The topological polar surface area (TPSA) is 157 Å². The second kappa shape index (κ2) is 9.68. The third kappa shape index (κ3) is 3.69. The largest absolute Gasteiger partial charge is 0.502 e. The van der Waals surface area contributed by atoms with Crippen LogP contribution in [0.4, 0.5) is 11.4 Å². The van der Waals surface area contributed by atoms with Gasteiger partial charge in [0, 0.05) is 25.1 Å². The van der Waals surface area contributed by atoms with Crippen LogP contribution in [0.1, 0.15) is 24.3 Å². The van der Waals surface area contributed by atoms with Crippen molar-refractivity contribution in [2.75, 3.05) is 26.2 Å². The van der Waals surface area contributed by atoms with E-state index in [1.807, 2.05) is 0 Å². The molecular weight excluding hydrogens is 605 g/mol. The molecule has 224 valence electrons. The average molecular weight is 630 g/mol. The second-order valence-corrected chi connectivity index (χ2v) is 12.3. The number of nitro groups is 1. The number of carbonyl (C=O) groups is 4. The summed E-state index contributed by atoms with van der Waals surface area (Å²) in [5.41, 5.74) is 0.634. The van der Waals surface area contributed by atoms with Crippen molar-refractivity contribution < 1.29 is 38.7 Å². The number of benzene rings is 2. The Hall–Kier alpha value is -4.16. The molecule has 0 unspecified atom stereocenters. The van der Waals surface area contributed by atoms with E-state index in [-0.39, 0.29) is 41.5 Å². The van der Waals surface area contributed by atoms with Gasteiger partial charge in [-0.15, -0.1) is 23.2 Å². The van der Waals surface area contributed by atoms with E-state index in [1.54, 1.807) is 6.08 Å². The molecule has 2 aromatic carbocycles. The fraction of sp³-hybridized carbons (Fsp3) is 0.379. The summed E-state index contributed by atoms with van der Waals surface area (Å²) < 4.78 is 10.7. The van der Waals surface area contributed by atoms with Gasteiger partial charge in [0.2, 0.25) is 17.6 Å². The van der Waals surface area contributed by atoms with Gasteiger partial charge in [-0.3, -0.25) is 34.2 Å². The average Bonchev–Trinajstić information content (AvgIpc) is 3.32. The molecule has 14 heteroatoms. The highest BCUT2D eigenvalue weighted by Crippen LogP contribution is 2.66. The summed E-state index contributed by atoms with van der Waals surface area (Å²) in [5.74, 6) is -6.60. The van der Waals surface area contributed by atoms with Gasteiger partial charge in [-0.05, 0) is 42.5 Å². The van der Waals surface area contributed by atoms with Gasteiger partial charge in [0.25, 0.3) is 17.5 Å². The van der Waals surface area contributed by atoms with Gasteiger partial charge in [-0.25, -0.2) is 4.90 Å². The number of carbonyl (C=O) groups excluding carboxylic acids is 4. The van der Waals surface area contributed by atoms with Crippen LogP contribution < -0.4 is 14.4 Å². The highest BCUT2D eigenvalue weighted by atomic mass is 35.5. The van der Waals surface area contributed by atoms with Gasteiger partial charge < -0.3 is 14.6 Å². The van der Waals surface area contributed by atoms with Crippen molar-refractivity contribution in [3.63, 3.8) is 0 Å². The van der Waals surface area contributed by atoms with Gasteiger partial charge in [0.05, 0.1) is 36.7 Å². The lowest BCUT2D eigenvalue weighted by Crippen LogP contribution is -2.60. The number of nitro benzene ring substituents is 1. The fourth-order valence-electron chi connectivity index (χ4n) is 7.20. The summed E-state index contributed by atoms with van der Waals surface area (Å²) in [6, 6.07) is 8.16. The number of hydrogen-bond donors (Lipinski definition) is 1. The summed E-state index contributed by atoms with van der Waals surface area (Å²) in [6.45, 7) is 0. The molecule has 1 saturated carbocycles. The first-order valence-electron chi connectivity index (χ1n) is 13.3. The molecule has 0 spiro atoms. The Kier molecular flexibility index (Phi) is 6.51. The van der Waals surface area contributed by atoms with E-state index in [0.717, 1.165) is 15.9 Å². The number of fused-ring (bicyclic) bond motifs is 4. The van der Waals surface area contributed by atoms with Crippen molar-refractivity contribution in [1.29, 1.82) is 0 Å². The van der Waals surface area contributed by atoms with Crippen LogP contribution in [0.3, 0.4) is 0 Å². The number of phenols is 1. The van der Waals surface area contributed by atoms with Crippen LogP contribution in [0.2, 0.25) is 0 Å². The number of rotatable bonds is 5. The van der Waals surface area contributed by atoms with E-state index >= 15 is 0 Å². The van der Waals surface area contributed by atoms with E-state index in [0.29, 0.717) is 11.1 Å². The maximum absolute atomic E-state index is 14.1. The number of nitrogens with zero attached hydrogens (tertiary/aromatic N) is 3. The number of alkyl halides is 2. The number of phenolic OH excluding ortho intramolecular Hbond substituents is 1. The quantitative estimate of drug-likeness (QED) is 0.172. The number of ether oxygens (including phenoxy) is 2. The SMILES string of the molecule is COc1cc([C@H]2C3=CC[C@@H]4C(=O)N(c5cccc([N+](=O)[O-])c5)C(=O)[C@@H]4[C@@H]3C[C@@]3(Cl)C(=O)N(C)C(=O)[C@@]23Cl)cc(OC)c1O. The molecule has 0 bridgehead atoms. The predicted molar refractivity (Wildman–Crippen MR) is 152 cm³/mol. The van der Waals surface area contributed by atoms with E-state index in [9.17, 15) is 34.4 Å². The van der Waals surface area contributed by atoms with E-state index in [2.05, 4.69) is 0 Å². The van der Waals surface area contributed by atoms with E-state index in [4.69, 9.17) is 32.7 Å². The molecule has 3 fully saturated rings. The molecule has 2 saturated heterocycles. The number of hydrogen-bond acceptors (Lipinski definition) is 9. The van der Waals surface area contributed by atoms with Crippen molar-refractivity contribution >= 4 is 58.2 Å². The van der Waals surface area contributed by atoms with Crippen LogP contribution in [0.5, 0.6) is 17.2 Å². The highest BCUT2D eigenvalue weighted by molar-refractivity contribution is 6.53. The summed E-state index contributed by atoms with van der Waals surface area (Å²) in [7, 11) is 3.94. The maximum atomic E-state index is 14.1. The lowest BCUT2D eigenvalue weighted by atomic mass is 9.56. The molecule has 12 nitrogen and oxygen atoms in total. The monoisotopic (exact) mass is 629 g/mol. The molecule has 4 amide bonds. The molecule has 6 atom stereocenters. The zero-order valence-electron chi connectivity index (χ0n) is 23.1. The summed E-state index contributed by atoms with van der Waals surface area (Å²) >= 11 is 14.3. The third-order valence-corrected chi connectivity index (χ3v) is 10.6. The Morgan fingerprint density at radius 1 is 1.00 bits per heavy atom. The molecule has 0 aromatic heterocycles. The van der Waals surface area contributed by atoms with E-state index in [1.165, 1.54) is 51.6 Å². The molecule has 2 aromatic rings. The number of methoxy groups -OCH3 is 2. The van der Waals surface area contributed by atoms with Crippen molar-refractivity contribution in [3.05, 3.63) is 63.7 Å². The number of aromatic hydroxyl groups is 1. The molecule has 0 radical (unpaired) electrons. The second-order valence-electron chi connectivity index (χ2n) is 11.1. The van der Waals surface area contributed by atoms with Gasteiger partial charge in [-0.2, -0.15) is 0 Å². The Morgan fingerprint density at radius 3 is 2.26 bits per heavy atom. The number of anilines is 1. The van der Waals surface area contributed by atoms with Crippen LogP contribution in [0.15, 0.2) is 48.0 Å². The van der Waals surface area contributed by atoms with Crippen molar-refractivity contribution in [1.82, 2.24) is 4.90 Å². The smallest absolute Gasteiger partial charge is 0.271 e. The molecule has 1 N–H and O–H groups in total. The number of likely N-dealkylation sites (tertiary alicyclic amines) is 1. The standard InChI is InChI=1S/C29H25Cl2N3O9/c1-32-26(38)28(30)12-18-16(22(29(28,31)27(32)39)13-9-19(42-2)23(35)20(10-13)43-3)7-8-17-21(18)25(37)33(24(17)36)14-5-4-6-15(11-14)34(40)41/h4-7,9-11,17-18,21-22,35H,8,12H2,1-3H3/t17-,18+,21-,22-,28+,29-/m0/s1. The lowest BCUT2D eigenvalue weighted by Gasteiger charge is -2.50. The lowest BCUT2D eigenvalue weighted by molar-refractivity contribution is -0.384. The van der Waals surface area contributed by atoms with Crippen LogP contribution in [-0.4, -0.2) is 69.6 Å². The number of allylic oxidation sites excluding steroid dienone is 2. The highest BCUT2D eigenvalue weighted by Gasteiger charge is 2.76. The predicted octanol–water partition coefficient (Wildman–Crippen LogP) is 3.51. The summed E-state index contributed by atoms with van der Waals surface area (Å²) in [6.07, 6.45) is 1.64. The number of non-ortho nitro benzene ring substituents is 1. The maximum Gasteiger partial charge on any atom is 0.271 e. The summed E-state index contributed by atoms with van der Waals surface area (Å²) in [4.78, 5) is 63.6. The van der Waals surface area contributed by atoms with Crippen molar-refractivity contribution in [2.24, 2.45) is 17.8 Å². The molecular formula is C29H25Cl2N3O9. The first-order valence-corrected chi connectivity index (χ1v) is 14.0. The molecule has 4 aliphatic rings. The minimum absolute atomic E-state index is 0.0142. The number of imide groups is 2. The van der Waals surface area contributed by atoms with Crippen LogP contribution in [0, 0.1) is 27.9 Å². The number of amides is 4. The van der Waals surface area contributed by atoms with Gasteiger partial charge in [0.15, 0.2) is 21.2 Å². The molecule has 2 aliphatic carbocycles. The molecule has 2 heterocycles. The zero-order chi connectivity index (χ0) is 31.2. The first kappa shape index (κ1) is 28.9. The van der Waals surface area contributed by atoms with Crippen molar-refractivity contribution in [2.45, 2.75) is 28.5 Å². The Morgan fingerprint density at radius 2 is 1.65 bits per heavy atom. The first-order chi connectivity index (χ1) is 20.3. The Bertz CT molecular complexity index is 1650. The minimum Gasteiger partial charge on any atom is -0.502 e. The Balaban J connectivity index is 1.53. The molecule has 6 rings (SSSR count). The van der Waals surface area contributed by atoms with Gasteiger partial charge in [0.1, 0.15) is 0 Å². The van der Waals surface area contributed by atoms with Crippen LogP contribution in [-0.2, 0) is 19.2 Å². The Labute approximate surface area is 254 Å². The zero-order valence-corrected chi connectivity index (χ0v) is 24.6. The van der Waals surface area contributed by atoms with E-state index < -0.39 is 62.0 Å². The third-order valence-electron chi connectivity index (χ3n) is 9.15. The minimum atomic E-state index is -2.03. The molecule has 43 heavy (non-hydrogen) atoms.